The number of hydrogen-bond donors (Lipinski definition) is 1. The van der Waals surface area contributed by atoms with Gasteiger partial charge in [-0.05, 0) is 14.0 Å². The largest absolute Gasteiger partial charge is 0.307 e. The van der Waals surface area contributed by atoms with Crippen molar-refractivity contribution in [3.63, 3.8) is 0 Å². The van der Waals surface area contributed by atoms with E-state index in [1.54, 1.807) is 0 Å². The summed E-state index contributed by atoms with van der Waals surface area (Å²) < 4.78 is 0. The summed E-state index contributed by atoms with van der Waals surface area (Å²) in [5.74, 6) is 2.50. The number of rotatable bonds is 1. The molecule has 0 aliphatic carbocycles. The highest BCUT2D eigenvalue weighted by atomic mass is 14.8. The van der Waals surface area contributed by atoms with Crippen LogP contribution >= 0.6 is 0 Å². The van der Waals surface area contributed by atoms with Crippen molar-refractivity contribution in [3.8, 4) is 12.3 Å². The lowest BCUT2D eigenvalue weighted by molar-refractivity contribution is 0.750. The van der Waals surface area contributed by atoms with Crippen LogP contribution in [0.4, 0.5) is 0 Å². The van der Waals surface area contributed by atoms with Crippen LogP contribution in [0.3, 0.4) is 0 Å². The van der Waals surface area contributed by atoms with Gasteiger partial charge >= 0.3 is 0 Å². The molecule has 1 nitrogen and oxygen atoms in total. The van der Waals surface area contributed by atoms with E-state index >= 15 is 0 Å². The Labute approximate surface area is 38.7 Å². The van der Waals surface area contributed by atoms with Crippen LogP contribution in [0, 0.1) is 12.3 Å². The molecule has 0 saturated carbocycles. The maximum atomic E-state index is 4.97. The molecule has 1 heteroatoms. The van der Waals surface area contributed by atoms with E-state index in [4.69, 9.17) is 6.42 Å². The Balaban J connectivity index is 3.04. The topological polar surface area (TPSA) is 12.0 Å². The molecule has 0 bridgehead atoms. The SMILES string of the molecule is C#CC(C)NC. The predicted octanol–water partition coefficient (Wildman–Crippen LogP) is 0.227. The van der Waals surface area contributed by atoms with Crippen LogP contribution in [0.25, 0.3) is 0 Å². The zero-order chi connectivity index (χ0) is 4.99. The van der Waals surface area contributed by atoms with E-state index in [2.05, 4.69) is 11.2 Å². The molecular formula is C5H9N. The second-order valence-corrected chi connectivity index (χ2v) is 1.18. The van der Waals surface area contributed by atoms with Crippen LogP contribution in [-0.4, -0.2) is 13.1 Å². The zero-order valence-corrected chi connectivity index (χ0v) is 4.15. The molecule has 0 rings (SSSR count). The van der Waals surface area contributed by atoms with Crippen LogP contribution in [0.15, 0.2) is 0 Å². The highest BCUT2D eigenvalue weighted by molar-refractivity contribution is 4.94. The second kappa shape index (κ2) is 2.74. The first-order valence-electron chi connectivity index (χ1n) is 1.94. The Morgan fingerprint density at radius 1 is 1.83 bits per heavy atom. The normalized spacial score (nSPS) is 12.8. The van der Waals surface area contributed by atoms with E-state index in [-0.39, 0.29) is 6.04 Å². The lowest BCUT2D eigenvalue weighted by Crippen LogP contribution is -2.17. The fraction of sp³-hybridized carbons (Fsp3) is 0.600. The zero-order valence-electron chi connectivity index (χ0n) is 4.15. The van der Waals surface area contributed by atoms with Gasteiger partial charge in [-0.15, -0.1) is 6.42 Å². The number of terminal acetylenes is 1. The summed E-state index contributed by atoms with van der Waals surface area (Å²) in [5, 5.41) is 2.88. The first-order valence-corrected chi connectivity index (χ1v) is 1.94. The highest BCUT2D eigenvalue weighted by Gasteiger charge is 1.82. The number of nitrogens with one attached hydrogen (secondary N) is 1. The maximum Gasteiger partial charge on any atom is 0.0655 e. The summed E-state index contributed by atoms with van der Waals surface area (Å²) in [7, 11) is 1.84. The number of hydrogen-bond acceptors (Lipinski definition) is 1. The Bertz CT molecular complexity index is 60.8. The van der Waals surface area contributed by atoms with Crippen molar-refractivity contribution >= 4 is 0 Å². The molecule has 0 saturated heterocycles. The molecule has 0 aromatic heterocycles. The van der Waals surface area contributed by atoms with Crippen molar-refractivity contribution in [2.75, 3.05) is 7.05 Å². The molecule has 0 aliphatic heterocycles. The molecule has 0 spiro atoms. The van der Waals surface area contributed by atoms with Gasteiger partial charge in [0.05, 0.1) is 6.04 Å². The highest BCUT2D eigenvalue weighted by Crippen LogP contribution is 1.67. The van der Waals surface area contributed by atoms with Gasteiger partial charge in [-0.2, -0.15) is 0 Å². The summed E-state index contributed by atoms with van der Waals surface area (Å²) in [6.07, 6.45) is 4.97. The molecule has 1 atom stereocenters. The van der Waals surface area contributed by atoms with Crippen molar-refractivity contribution in [2.24, 2.45) is 0 Å². The average molecular weight is 83.1 g/mol. The first kappa shape index (κ1) is 5.52. The molecule has 0 amide bonds. The third-order valence-corrected chi connectivity index (χ3v) is 0.683. The van der Waals surface area contributed by atoms with Gasteiger partial charge in [-0.25, -0.2) is 0 Å². The standard InChI is InChI=1S/C5H9N/c1-4-5(2)6-3/h1,5-6H,2-3H3. The molecule has 0 aliphatic rings. The van der Waals surface area contributed by atoms with Gasteiger partial charge < -0.3 is 5.32 Å². The molecule has 0 aromatic rings. The lowest BCUT2D eigenvalue weighted by Gasteiger charge is -1.95. The Morgan fingerprint density at radius 2 is 2.33 bits per heavy atom. The molecule has 1 unspecified atom stereocenters. The van der Waals surface area contributed by atoms with Crippen molar-refractivity contribution in [2.45, 2.75) is 13.0 Å². The van der Waals surface area contributed by atoms with E-state index in [9.17, 15) is 0 Å². The monoisotopic (exact) mass is 83.1 g/mol. The van der Waals surface area contributed by atoms with Crippen LogP contribution in [-0.2, 0) is 0 Å². The Hall–Kier alpha value is -0.480. The summed E-state index contributed by atoms with van der Waals surface area (Å²) >= 11 is 0. The molecular weight excluding hydrogens is 74.1 g/mol. The minimum Gasteiger partial charge on any atom is -0.307 e. The van der Waals surface area contributed by atoms with Crippen molar-refractivity contribution in [1.82, 2.24) is 5.32 Å². The maximum absolute atomic E-state index is 4.97. The lowest BCUT2D eigenvalue weighted by atomic mass is 10.4. The molecule has 0 aromatic carbocycles. The van der Waals surface area contributed by atoms with E-state index in [0.29, 0.717) is 0 Å². The third-order valence-electron chi connectivity index (χ3n) is 0.683. The van der Waals surface area contributed by atoms with Gasteiger partial charge in [-0.3, -0.25) is 0 Å². The third kappa shape index (κ3) is 1.80. The molecule has 0 fully saturated rings. The molecule has 1 N–H and O–H groups in total. The molecule has 0 heterocycles. The Morgan fingerprint density at radius 3 is 2.33 bits per heavy atom. The van der Waals surface area contributed by atoms with Crippen LogP contribution in [0.5, 0.6) is 0 Å². The van der Waals surface area contributed by atoms with E-state index in [1.165, 1.54) is 0 Å². The van der Waals surface area contributed by atoms with Crippen molar-refractivity contribution in [1.29, 1.82) is 0 Å². The fourth-order valence-corrected chi connectivity index (χ4v) is 0.0833. The van der Waals surface area contributed by atoms with E-state index < -0.39 is 0 Å². The summed E-state index contributed by atoms with van der Waals surface area (Å²) in [6, 6.07) is 0.213. The summed E-state index contributed by atoms with van der Waals surface area (Å²) in [5.41, 5.74) is 0. The van der Waals surface area contributed by atoms with Crippen LogP contribution in [0.1, 0.15) is 6.92 Å². The van der Waals surface area contributed by atoms with Gasteiger partial charge in [0.25, 0.3) is 0 Å². The van der Waals surface area contributed by atoms with Crippen LogP contribution in [0.2, 0.25) is 0 Å². The van der Waals surface area contributed by atoms with E-state index in [0.717, 1.165) is 0 Å². The summed E-state index contributed by atoms with van der Waals surface area (Å²) in [4.78, 5) is 0. The van der Waals surface area contributed by atoms with Gasteiger partial charge in [-0.1, -0.05) is 5.92 Å². The first-order chi connectivity index (χ1) is 2.81. The minimum absolute atomic E-state index is 0.213. The molecule has 0 radical (unpaired) electrons. The molecule has 6 heavy (non-hydrogen) atoms. The smallest absolute Gasteiger partial charge is 0.0655 e. The second-order valence-electron chi connectivity index (χ2n) is 1.18. The molecule has 34 valence electrons. The quantitative estimate of drug-likeness (QED) is 0.447. The van der Waals surface area contributed by atoms with Crippen molar-refractivity contribution < 1.29 is 0 Å². The van der Waals surface area contributed by atoms with E-state index in [1.807, 2.05) is 14.0 Å². The average Bonchev–Trinajstić information content (AvgIpc) is 1.65. The predicted molar refractivity (Wildman–Crippen MR) is 27.4 cm³/mol. The fourth-order valence-electron chi connectivity index (χ4n) is 0.0833. The van der Waals surface area contributed by atoms with Gasteiger partial charge in [0.1, 0.15) is 0 Å². The van der Waals surface area contributed by atoms with Gasteiger partial charge in [0, 0.05) is 0 Å². The van der Waals surface area contributed by atoms with Crippen LogP contribution < -0.4 is 5.32 Å². The van der Waals surface area contributed by atoms with Crippen molar-refractivity contribution in [3.05, 3.63) is 0 Å². The van der Waals surface area contributed by atoms with Gasteiger partial charge in [0.15, 0.2) is 0 Å². The van der Waals surface area contributed by atoms with Gasteiger partial charge in [0.2, 0.25) is 0 Å². The summed E-state index contributed by atoms with van der Waals surface area (Å²) in [6.45, 7) is 1.93. The minimum atomic E-state index is 0.213. The Kier molecular flexibility index (Phi) is 2.52.